The second-order valence-electron chi connectivity index (χ2n) is 10.6. The Labute approximate surface area is 223 Å². The van der Waals surface area contributed by atoms with Crippen LogP contribution in [0.3, 0.4) is 0 Å². The maximum Gasteiger partial charge on any atom is 0.311 e. The molecule has 1 N–H and O–H groups in total. The minimum absolute atomic E-state index is 0.0898. The number of ether oxygens (including phenoxy) is 1. The quantitative estimate of drug-likeness (QED) is 0.268. The third-order valence-electron chi connectivity index (χ3n) is 8.18. The molecule has 1 aromatic rings. The van der Waals surface area contributed by atoms with Gasteiger partial charge in [-0.15, -0.1) is 24.9 Å². The maximum atomic E-state index is 14.6. The molecule has 0 radical (unpaired) electrons. The van der Waals surface area contributed by atoms with Gasteiger partial charge in [-0.2, -0.15) is 0 Å². The van der Waals surface area contributed by atoms with E-state index in [-0.39, 0.29) is 37.5 Å². The van der Waals surface area contributed by atoms with E-state index in [0.717, 1.165) is 23.2 Å². The van der Waals surface area contributed by atoms with Gasteiger partial charge in [0.25, 0.3) is 5.91 Å². The first kappa shape index (κ1) is 27.5. The zero-order chi connectivity index (χ0) is 27.0. The van der Waals surface area contributed by atoms with Crippen molar-refractivity contribution in [3.63, 3.8) is 0 Å². The van der Waals surface area contributed by atoms with Gasteiger partial charge < -0.3 is 19.6 Å². The molecule has 3 saturated heterocycles. The van der Waals surface area contributed by atoms with Crippen LogP contribution in [0.5, 0.6) is 0 Å². The predicted octanol–water partition coefficient (Wildman–Crippen LogP) is 3.81. The van der Waals surface area contributed by atoms with Gasteiger partial charge in [-0.1, -0.05) is 30.4 Å². The molecule has 1 spiro atoms. The van der Waals surface area contributed by atoms with Crippen LogP contribution in [0.25, 0.3) is 0 Å². The first-order valence-corrected chi connectivity index (χ1v) is 13.9. The van der Waals surface area contributed by atoms with E-state index in [9.17, 15) is 19.5 Å². The average molecular weight is 527 g/mol. The van der Waals surface area contributed by atoms with Crippen LogP contribution in [0.2, 0.25) is 0 Å². The zero-order valence-corrected chi connectivity index (χ0v) is 22.9. The highest BCUT2D eigenvalue weighted by molar-refractivity contribution is 8.02. The third-order valence-corrected chi connectivity index (χ3v) is 10.2. The van der Waals surface area contributed by atoms with Crippen molar-refractivity contribution < 1.29 is 24.2 Å². The van der Waals surface area contributed by atoms with Crippen LogP contribution in [0.15, 0.2) is 43.5 Å². The standard InChI is InChI=1S/C29H38N2O5S/c1-6-8-18-36-27(35)22-21-25(33)31(16-10-17-32)24(29(21)14-13-28(22,5)37-29)26(34)30(15-7-2)23-19(3)11-9-12-20(23)4/h6-7,9,11-12,21-22,24,32H,1-2,8,10,13-18H2,3-5H3/t21-,22+,24?,28-,29?/m0/s1. The van der Waals surface area contributed by atoms with Gasteiger partial charge in [0.05, 0.1) is 23.2 Å². The van der Waals surface area contributed by atoms with Crippen molar-refractivity contribution in [1.82, 2.24) is 4.90 Å². The normalized spacial score (nSPS) is 29.8. The maximum absolute atomic E-state index is 14.6. The predicted molar refractivity (Wildman–Crippen MR) is 146 cm³/mol. The lowest BCUT2D eigenvalue weighted by Gasteiger charge is -2.38. The molecule has 3 heterocycles. The van der Waals surface area contributed by atoms with E-state index in [2.05, 4.69) is 13.2 Å². The molecule has 3 aliphatic rings. The fraction of sp³-hybridized carbons (Fsp3) is 0.552. The number of aryl methyl sites for hydroxylation is 2. The van der Waals surface area contributed by atoms with Crippen molar-refractivity contribution in [1.29, 1.82) is 0 Å². The number of hydrogen-bond donors (Lipinski definition) is 1. The lowest BCUT2D eigenvalue weighted by molar-refractivity contribution is -0.155. The van der Waals surface area contributed by atoms with Gasteiger partial charge in [-0.25, -0.2) is 0 Å². The second kappa shape index (κ2) is 10.7. The Hall–Kier alpha value is -2.58. The monoisotopic (exact) mass is 526 g/mol. The molecule has 1 aromatic carbocycles. The molecule has 4 rings (SSSR count). The molecule has 8 heteroatoms. The van der Waals surface area contributed by atoms with Crippen LogP contribution < -0.4 is 4.90 Å². The topological polar surface area (TPSA) is 87.1 Å². The van der Waals surface area contributed by atoms with E-state index in [0.29, 0.717) is 25.8 Å². The number of rotatable bonds is 11. The number of anilines is 1. The zero-order valence-electron chi connectivity index (χ0n) is 22.1. The van der Waals surface area contributed by atoms with Crippen LogP contribution in [-0.2, 0) is 19.1 Å². The molecule has 0 aromatic heterocycles. The van der Waals surface area contributed by atoms with Crippen LogP contribution in [0.4, 0.5) is 5.69 Å². The number of fused-ring (bicyclic) bond motifs is 1. The van der Waals surface area contributed by atoms with Crippen LogP contribution in [0.1, 0.15) is 43.7 Å². The molecule has 3 fully saturated rings. The Bertz CT molecular complexity index is 1090. The highest BCUT2D eigenvalue weighted by atomic mass is 32.2. The van der Waals surface area contributed by atoms with Crippen molar-refractivity contribution in [2.24, 2.45) is 11.8 Å². The number of thioether (sulfide) groups is 1. The minimum Gasteiger partial charge on any atom is -0.465 e. The minimum atomic E-state index is -0.742. The summed E-state index contributed by atoms with van der Waals surface area (Å²) in [7, 11) is 0. The molecule has 2 bridgehead atoms. The summed E-state index contributed by atoms with van der Waals surface area (Å²) in [5, 5.41) is 9.58. The van der Waals surface area contributed by atoms with Crippen molar-refractivity contribution >= 4 is 35.2 Å². The number of benzene rings is 1. The first-order valence-electron chi connectivity index (χ1n) is 13.0. The number of aliphatic hydroxyl groups is 1. The summed E-state index contributed by atoms with van der Waals surface area (Å²) in [6, 6.07) is 5.17. The molecule has 200 valence electrons. The summed E-state index contributed by atoms with van der Waals surface area (Å²) in [5.41, 5.74) is 2.76. The number of para-hydroxylation sites is 1. The summed E-state index contributed by atoms with van der Waals surface area (Å²) in [6.45, 7) is 14.3. The highest BCUT2D eigenvalue weighted by Crippen LogP contribution is 2.71. The Morgan fingerprint density at radius 1 is 1.24 bits per heavy atom. The van der Waals surface area contributed by atoms with Crippen molar-refractivity contribution in [2.45, 2.75) is 62.0 Å². The Kier molecular flexibility index (Phi) is 7.91. The molecule has 0 aliphatic carbocycles. The van der Waals surface area contributed by atoms with Gasteiger partial charge in [-0.05, 0) is 57.6 Å². The molecule has 0 saturated carbocycles. The van der Waals surface area contributed by atoms with Crippen molar-refractivity contribution in [2.75, 3.05) is 31.2 Å². The van der Waals surface area contributed by atoms with E-state index in [1.807, 2.05) is 39.0 Å². The summed E-state index contributed by atoms with van der Waals surface area (Å²) < 4.78 is 4.39. The van der Waals surface area contributed by atoms with E-state index < -0.39 is 27.4 Å². The summed E-state index contributed by atoms with van der Waals surface area (Å²) in [5.74, 6) is -1.98. The molecule has 3 aliphatic heterocycles. The molecular formula is C29H38N2O5S. The van der Waals surface area contributed by atoms with Gasteiger partial charge in [0.15, 0.2) is 0 Å². The number of carbonyl (C=O) groups excluding carboxylic acids is 3. The smallest absolute Gasteiger partial charge is 0.311 e. The lowest BCUT2D eigenvalue weighted by atomic mass is 9.66. The van der Waals surface area contributed by atoms with Crippen molar-refractivity contribution in [3.8, 4) is 0 Å². The highest BCUT2D eigenvalue weighted by Gasteiger charge is 2.77. The Morgan fingerprint density at radius 3 is 2.57 bits per heavy atom. The second-order valence-corrected chi connectivity index (χ2v) is 12.5. The number of amides is 2. The van der Waals surface area contributed by atoms with Crippen LogP contribution >= 0.6 is 11.8 Å². The van der Waals surface area contributed by atoms with Gasteiger partial charge in [0, 0.05) is 30.1 Å². The number of esters is 1. The third kappa shape index (κ3) is 4.42. The van der Waals surface area contributed by atoms with E-state index in [1.54, 1.807) is 33.7 Å². The average Bonchev–Trinajstić information content (AvgIpc) is 3.42. The Morgan fingerprint density at radius 2 is 1.95 bits per heavy atom. The van der Waals surface area contributed by atoms with Crippen molar-refractivity contribution in [3.05, 3.63) is 54.6 Å². The lowest BCUT2D eigenvalue weighted by Crippen LogP contribution is -2.55. The molecule has 37 heavy (non-hydrogen) atoms. The fourth-order valence-corrected chi connectivity index (χ4v) is 9.02. The van der Waals surface area contributed by atoms with Crippen LogP contribution in [-0.4, -0.2) is 69.6 Å². The van der Waals surface area contributed by atoms with Gasteiger partial charge >= 0.3 is 5.97 Å². The van der Waals surface area contributed by atoms with Gasteiger partial charge in [0.1, 0.15) is 6.04 Å². The van der Waals surface area contributed by atoms with Crippen LogP contribution in [0, 0.1) is 25.7 Å². The summed E-state index contributed by atoms with van der Waals surface area (Å²) in [4.78, 5) is 45.3. The molecule has 2 unspecified atom stereocenters. The molecule has 7 nitrogen and oxygen atoms in total. The number of hydrogen-bond acceptors (Lipinski definition) is 6. The van der Waals surface area contributed by atoms with E-state index >= 15 is 0 Å². The van der Waals surface area contributed by atoms with E-state index in [4.69, 9.17) is 4.74 Å². The first-order chi connectivity index (χ1) is 17.7. The SMILES string of the molecule is C=CCCOC(=O)[C@H]1[C@H]2C(=O)N(CCCO)C(C(=O)N(CC=C)c3c(C)cccc3C)C23CC[C@]1(C)S3. The number of carbonyl (C=O) groups is 3. The fourth-order valence-electron chi connectivity index (χ4n) is 6.68. The molecular weight excluding hydrogens is 488 g/mol. The Balaban J connectivity index is 1.78. The molecule has 5 atom stereocenters. The number of aliphatic hydroxyl groups excluding tert-OH is 1. The number of likely N-dealkylation sites (tertiary alicyclic amines) is 1. The van der Waals surface area contributed by atoms with Gasteiger partial charge in [-0.3, -0.25) is 14.4 Å². The molecule has 2 amide bonds. The van der Waals surface area contributed by atoms with Gasteiger partial charge in [0.2, 0.25) is 5.91 Å². The number of nitrogens with zero attached hydrogens (tertiary/aromatic N) is 2. The van der Waals surface area contributed by atoms with E-state index in [1.165, 1.54) is 0 Å². The summed E-state index contributed by atoms with van der Waals surface area (Å²) in [6.07, 6.45) is 5.70. The largest absolute Gasteiger partial charge is 0.465 e. The summed E-state index contributed by atoms with van der Waals surface area (Å²) >= 11 is 1.62.